The third-order valence-corrected chi connectivity index (χ3v) is 1.94. The molecule has 68 valence electrons. The Morgan fingerprint density at radius 2 is 2.15 bits per heavy atom. The SMILES string of the molecule is C=Nc1c(C)ccc(N)c1/C=C\C. The Hall–Kier alpha value is -1.57. The first-order valence-corrected chi connectivity index (χ1v) is 4.19. The summed E-state index contributed by atoms with van der Waals surface area (Å²) in [6.07, 6.45) is 3.89. The van der Waals surface area contributed by atoms with Gasteiger partial charge in [-0.25, -0.2) is 0 Å². The van der Waals surface area contributed by atoms with Crippen molar-refractivity contribution in [2.24, 2.45) is 4.99 Å². The van der Waals surface area contributed by atoms with Crippen LogP contribution in [0.25, 0.3) is 6.08 Å². The second-order valence-corrected chi connectivity index (χ2v) is 2.89. The van der Waals surface area contributed by atoms with E-state index in [1.807, 2.05) is 38.1 Å². The maximum Gasteiger partial charge on any atom is 0.0744 e. The van der Waals surface area contributed by atoms with E-state index in [1.54, 1.807) is 0 Å². The zero-order chi connectivity index (χ0) is 9.84. The number of hydrogen-bond donors (Lipinski definition) is 1. The number of nitrogens with zero attached hydrogens (tertiary/aromatic N) is 1. The Balaban J connectivity index is 3.42. The van der Waals surface area contributed by atoms with Gasteiger partial charge in [0, 0.05) is 11.3 Å². The normalized spacial score (nSPS) is 10.6. The van der Waals surface area contributed by atoms with Crippen LogP contribution in [0.2, 0.25) is 0 Å². The molecule has 0 aliphatic heterocycles. The number of nitrogens with two attached hydrogens (primary N) is 1. The van der Waals surface area contributed by atoms with Crippen molar-refractivity contribution in [2.75, 3.05) is 5.73 Å². The summed E-state index contributed by atoms with van der Waals surface area (Å²) in [6.45, 7) is 7.49. The number of aryl methyl sites for hydroxylation is 1. The number of anilines is 1. The summed E-state index contributed by atoms with van der Waals surface area (Å²) in [7, 11) is 0. The van der Waals surface area contributed by atoms with Crippen LogP contribution < -0.4 is 5.73 Å². The summed E-state index contributed by atoms with van der Waals surface area (Å²) >= 11 is 0. The molecule has 0 aromatic heterocycles. The summed E-state index contributed by atoms with van der Waals surface area (Å²) in [4.78, 5) is 3.97. The number of nitrogen functional groups attached to an aromatic ring is 1. The number of aliphatic imine (C=N–C) groups is 1. The van der Waals surface area contributed by atoms with E-state index < -0.39 is 0 Å². The van der Waals surface area contributed by atoms with E-state index in [-0.39, 0.29) is 0 Å². The molecule has 1 aromatic rings. The molecule has 0 radical (unpaired) electrons. The van der Waals surface area contributed by atoms with Crippen molar-refractivity contribution in [2.45, 2.75) is 13.8 Å². The summed E-state index contributed by atoms with van der Waals surface area (Å²) in [5, 5.41) is 0. The molecule has 0 saturated carbocycles. The van der Waals surface area contributed by atoms with Gasteiger partial charge in [0.1, 0.15) is 0 Å². The molecule has 2 nitrogen and oxygen atoms in total. The largest absolute Gasteiger partial charge is 0.398 e. The fourth-order valence-corrected chi connectivity index (χ4v) is 1.28. The molecular weight excluding hydrogens is 160 g/mol. The number of benzene rings is 1. The molecule has 0 atom stereocenters. The quantitative estimate of drug-likeness (QED) is 0.543. The van der Waals surface area contributed by atoms with Gasteiger partial charge in [-0.05, 0) is 32.2 Å². The van der Waals surface area contributed by atoms with Gasteiger partial charge in [0.05, 0.1) is 5.69 Å². The number of rotatable bonds is 2. The minimum Gasteiger partial charge on any atom is -0.398 e. The summed E-state index contributed by atoms with van der Waals surface area (Å²) in [5.74, 6) is 0. The third-order valence-electron chi connectivity index (χ3n) is 1.94. The minimum absolute atomic E-state index is 0.742. The van der Waals surface area contributed by atoms with Gasteiger partial charge < -0.3 is 5.73 Å². The zero-order valence-electron chi connectivity index (χ0n) is 8.04. The summed E-state index contributed by atoms with van der Waals surface area (Å²) < 4.78 is 0. The van der Waals surface area contributed by atoms with Crippen molar-refractivity contribution in [3.8, 4) is 0 Å². The highest BCUT2D eigenvalue weighted by molar-refractivity contribution is 5.78. The van der Waals surface area contributed by atoms with Crippen LogP contribution in [0.5, 0.6) is 0 Å². The Bertz CT molecular complexity index is 351. The van der Waals surface area contributed by atoms with E-state index in [2.05, 4.69) is 11.7 Å². The summed E-state index contributed by atoms with van der Waals surface area (Å²) in [6, 6.07) is 3.84. The molecule has 13 heavy (non-hydrogen) atoms. The maximum absolute atomic E-state index is 5.81. The lowest BCUT2D eigenvalue weighted by Gasteiger charge is -2.07. The van der Waals surface area contributed by atoms with Gasteiger partial charge >= 0.3 is 0 Å². The molecule has 0 amide bonds. The van der Waals surface area contributed by atoms with Crippen molar-refractivity contribution in [3.05, 3.63) is 29.3 Å². The number of allylic oxidation sites excluding steroid dienone is 1. The Morgan fingerprint density at radius 1 is 1.46 bits per heavy atom. The first-order valence-electron chi connectivity index (χ1n) is 4.19. The van der Waals surface area contributed by atoms with Gasteiger partial charge in [-0.1, -0.05) is 18.2 Å². The average Bonchev–Trinajstić information content (AvgIpc) is 2.12. The summed E-state index contributed by atoms with van der Waals surface area (Å²) in [5.41, 5.74) is 9.48. The first-order chi connectivity index (χ1) is 6.20. The molecule has 0 saturated heterocycles. The zero-order valence-corrected chi connectivity index (χ0v) is 8.04. The lowest BCUT2D eigenvalue weighted by atomic mass is 10.1. The topological polar surface area (TPSA) is 38.4 Å². The van der Waals surface area contributed by atoms with Crippen molar-refractivity contribution >= 4 is 24.2 Å². The highest BCUT2D eigenvalue weighted by Crippen LogP contribution is 2.29. The van der Waals surface area contributed by atoms with Gasteiger partial charge in [-0.2, -0.15) is 0 Å². The smallest absolute Gasteiger partial charge is 0.0744 e. The van der Waals surface area contributed by atoms with E-state index in [1.165, 1.54) is 0 Å². The Labute approximate surface area is 78.8 Å². The second kappa shape index (κ2) is 3.90. The third kappa shape index (κ3) is 1.78. The van der Waals surface area contributed by atoms with E-state index in [0.717, 1.165) is 22.5 Å². The molecule has 0 unspecified atom stereocenters. The minimum atomic E-state index is 0.742. The standard InChI is InChI=1S/C11H14N2/c1-4-5-9-10(12)7-6-8(2)11(9)13-3/h4-7H,3,12H2,1-2H3/b5-4-. The molecule has 0 aliphatic carbocycles. The van der Waals surface area contributed by atoms with Gasteiger partial charge in [0.2, 0.25) is 0 Å². The highest BCUT2D eigenvalue weighted by atomic mass is 14.7. The van der Waals surface area contributed by atoms with Crippen LogP contribution in [0.15, 0.2) is 23.2 Å². The van der Waals surface area contributed by atoms with Crippen LogP contribution in [-0.4, -0.2) is 6.72 Å². The highest BCUT2D eigenvalue weighted by Gasteiger charge is 2.04. The predicted molar refractivity (Wildman–Crippen MR) is 59.5 cm³/mol. The molecule has 1 rings (SSSR count). The monoisotopic (exact) mass is 174 g/mol. The van der Waals surface area contributed by atoms with Crippen LogP contribution in [0, 0.1) is 6.92 Å². The van der Waals surface area contributed by atoms with Crippen molar-refractivity contribution in [3.63, 3.8) is 0 Å². The van der Waals surface area contributed by atoms with Gasteiger partial charge in [-0.3, -0.25) is 4.99 Å². The molecule has 0 heterocycles. The van der Waals surface area contributed by atoms with Crippen LogP contribution >= 0.6 is 0 Å². The fourth-order valence-electron chi connectivity index (χ4n) is 1.28. The predicted octanol–water partition coefficient (Wildman–Crippen LogP) is 2.94. The van der Waals surface area contributed by atoms with Crippen molar-refractivity contribution < 1.29 is 0 Å². The van der Waals surface area contributed by atoms with Crippen molar-refractivity contribution in [1.82, 2.24) is 0 Å². The van der Waals surface area contributed by atoms with E-state index in [0.29, 0.717) is 0 Å². The van der Waals surface area contributed by atoms with E-state index in [9.17, 15) is 0 Å². The second-order valence-electron chi connectivity index (χ2n) is 2.89. The van der Waals surface area contributed by atoms with Crippen LogP contribution in [0.4, 0.5) is 11.4 Å². The van der Waals surface area contributed by atoms with E-state index >= 15 is 0 Å². The van der Waals surface area contributed by atoms with Crippen LogP contribution in [0.1, 0.15) is 18.1 Å². The Kier molecular flexibility index (Phi) is 2.85. The van der Waals surface area contributed by atoms with Crippen LogP contribution in [-0.2, 0) is 0 Å². The lowest BCUT2D eigenvalue weighted by molar-refractivity contribution is 1.40. The number of hydrogen-bond acceptors (Lipinski definition) is 2. The Morgan fingerprint density at radius 3 is 2.69 bits per heavy atom. The first kappa shape index (κ1) is 9.52. The fraction of sp³-hybridized carbons (Fsp3) is 0.182. The van der Waals surface area contributed by atoms with Gasteiger partial charge in [0.15, 0.2) is 0 Å². The molecule has 0 aliphatic rings. The maximum atomic E-state index is 5.81. The molecule has 0 bridgehead atoms. The van der Waals surface area contributed by atoms with E-state index in [4.69, 9.17) is 5.73 Å². The molecule has 2 heteroatoms. The molecule has 0 fully saturated rings. The molecule has 1 aromatic carbocycles. The van der Waals surface area contributed by atoms with Gasteiger partial charge in [0.25, 0.3) is 0 Å². The molecule has 2 N–H and O–H groups in total. The molecular formula is C11H14N2. The molecule has 0 spiro atoms. The lowest BCUT2D eigenvalue weighted by Crippen LogP contribution is -1.91. The van der Waals surface area contributed by atoms with Gasteiger partial charge in [-0.15, -0.1) is 0 Å². The van der Waals surface area contributed by atoms with Crippen molar-refractivity contribution in [1.29, 1.82) is 0 Å². The van der Waals surface area contributed by atoms with Crippen LogP contribution in [0.3, 0.4) is 0 Å². The average molecular weight is 174 g/mol.